The first-order valence-corrected chi connectivity index (χ1v) is 5.33. The van der Waals surface area contributed by atoms with Crippen LogP contribution in [0.25, 0.3) is 0 Å². The predicted molar refractivity (Wildman–Crippen MR) is 60.4 cm³/mol. The first-order chi connectivity index (χ1) is 7.58. The van der Waals surface area contributed by atoms with Crippen molar-refractivity contribution in [2.45, 2.75) is 13.2 Å². The number of rotatable bonds is 2. The highest BCUT2D eigenvalue weighted by molar-refractivity contribution is 6.48. The molecule has 0 bridgehead atoms. The number of cyclic esters (lactones) is 1. The monoisotopic (exact) mass is 258 g/mol. The van der Waals surface area contributed by atoms with E-state index in [1.165, 1.54) is 0 Å². The number of aryl methyl sites for hydroxylation is 1. The molecule has 0 spiro atoms. The third kappa shape index (κ3) is 2.15. The Bertz CT molecular complexity index is 468. The van der Waals surface area contributed by atoms with Gasteiger partial charge in [0.1, 0.15) is 15.8 Å². The van der Waals surface area contributed by atoms with Gasteiger partial charge in [-0.15, -0.1) is 0 Å². The van der Waals surface area contributed by atoms with Crippen LogP contribution in [0.1, 0.15) is 5.56 Å². The highest BCUT2D eigenvalue weighted by atomic mass is 35.5. The fraction of sp³-hybridized carbons (Fsp3) is 0.182. The molecule has 0 amide bonds. The van der Waals surface area contributed by atoms with Crippen molar-refractivity contribution in [1.29, 1.82) is 0 Å². The number of hydrogen-bond donors (Lipinski definition) is 0. The standard InChI is InChI=1S/C11H8Cl2O3/c1-6-3-2-4-7(5-6)15-11-9(13)8(12)10(14)16-11/h2-5,11H,1H3. The minimum Gasteiger partial charge on any atom is -0.450 e. The highest BCUT2D eigenvalue weighted by Gasteiger charge is 2.33. The van der Waals surface area contributed by atoms with Crippen LogP contribution < -0.4 is 4.74 Å². The Morgan fingerprint density at radius 3 is 2.69 bits per heavy atom. The zero-order chi connectivity index (χ0) is 11.7. The van der Waals surface area contributed by atoms with Crippen molar-refractivity contribution in [1.82, 2.24) is 0 Å². The van der Waals surface area contributed by atoms with E-state index < -0.39 is 12.3 Å². The van der Waals surface area contributed by atoms with Gasteiger partial charge in [0.05, 0.1) is 0 Å². The zero-order valence-electron chi connectivity index (χ0n) is 8.37. The maximum absolute atomic E-state index is 11.1. The topological polar surface area (TPSA) is 35.5 Å². The van der Waals surface area contributed by atoms with Gasteiger partial charge in [-0.2, -0.15) is 0 Å². The number of esters is 1. The minimum atomic E-state index is -0.941. The molecule has 0 aromatic heterocycles. The van der Waals surface area contributed by atoms with Crippen LogP contribution in [-0.2, 0) is 9.53 Å². The number of hydrogen-bond acceptors (Lipinski definition) is 3. The number of halogens is 2. The smallest absolute Gasteiger partial charge is 0.354 e. The number of carbonyl (C=O) groups excluding carboxylic acids is 1. The van der Waals surface area contributed by atoms with Crippen LogP contribution in [0, 0.1) is 6.92 Å². The van der Waals surface area contributed by atoms with E-state index in [4.69, 9.17) is 32.7 Å². The summed E-state index contributed by atoms with van der Waals surface area (Å²) in [6.45, 7) is 1.93. The molecule has 1 aliphatic heterocycles. The van der Waals surface area contributed by atoms with Crippen LogP contribution in [0.4, 0.5) is 0 Å². The van der Waals surface area contributed by atoms with Gasteiger partial charge in [0, 0.05) is 0 Å². The molecule has 0 radical (unpaired) electrons. The number of carbonyl (C=O) groups is 1. The van der Waals surface area contributed by atoms with Crippen molar-refractivity contribution in [2.24, 2.45) is 0 Å². The van der Waals surface area contributed by atoms with Gasteiger partial charge in [-0.05, 0) is 24.6 Å². The summed E-state index contributed by atoms with van der Waals surface area (Å²) >= 11 is 11.4. The van der Waals surface area contributed by atoms with Gasteiger partial charge in [0.25, 0.3) is 6.29 Å². The molecule has 5 heteroatoms. The average molecular weight is 259 g/mol. The summed E-state index contributed by atoms with van der Waals surface area (Å²) in [7, 11) is 0. The van der Waals surface area contributed by atoms with Crippen molar-refractivity contribution >= 4 is 29.2 Å². The number of ether oxygens (including phenoxy) is 2. The molecule has 16 heavy (non-hydrogen) atoms. The zero-order valence-corrected chi connectivity index (χ0v) is 9.88. The lowest BCUT2D eigenvalue weighted by Gasteiger charge is -2.13. The first kappa shape index (κ1) is 11.3. The summed E-state index contributed by atoms with van der Waals surface area (Å²) in [5.74, 6) is -0.0911. The van der Waals surface area contributed by atoms with Crippen LogP contribution in [-0.4, -0.2) is 12.3 Å². The van der Waals surface area contributed by atoms with E-state index in [1.54, 1.807) is 6.07 Å². The number of benzene rings is 1. The molecule has 0 N–H and O–H groups in total. The molecule has 0 saturated heterocycles. The molecule has 0 fully saturated rings. The van der Waals surface area contributed by atoms with E-state index in [-0.39, 0.29) is 10.1 Å². The van der Waals surface area contributed by atoms with E-state index in [1.807, 2.05) is 25.1 Å². The molecule has 1 unspecified atom stereocenters. The molecule has 2 rings (SSSR count). The SMILES string of the molecule is Cc1cccc(OC2OC(=O)C(Cl)=C2Cl)c1. The van der Waals surface area contributed by atoms with Gasteiger partial charge >= 0.3 is 5.97 Å². The predicted octanol–water partition coefficient (Wildman–Crippen LogP) is 2.95. The molecule has 1 aromatic rings. The lowest BCUT2D eigenvalue weighted by Crippen LogP contribution is -2.17. The van der Waals surface area contributed by atoms with E-state index in [9.17, 15) is 4.79 Å². The molecule has 1 heterocycles. The van der Waals surface area contributed by atoms with E-state index in [0.717, 1.165) is 5.56 Å². The van der Waals surface area contributed by atoms with Gasteiger partial charge < -0.3 is 9.47 Å². The molecule has 0 aliphatic carbocycles. The fourth-order valence-corrected chi connectivity index (χ4v) is 1.59. The second-order valence-corrected chi connectivity index (χ2v) is 4.12. The summed E-state index contributed by atoms with van der Waals surface area (Å²) in [5, 5.41) is -0.0486. The molecule has 0 saturated carbocycles. The third-order valence-corrected chi connectivity index (χ3v) is 2.86. The van der Waals surface area contributed by atoms with E-state index >= 15 is 0 Å². The summed E-state index contributed by atoms with van der Waals surface area (Å²) < 4.78 is 10.2. The van der Waals surface area contributed by atoms with Crippen molar-refractivity contribution in [3.05, 3.63) is 39.9 Å². The lowest BCUT2D eigenvalue weighted by atomic mass is 10.2. The maximum Gasteiger partial charge on any atom is 0.354 e. The van der Waals surface area contributed by atoms with Crippen LogP contribution in [0.5, 0.6) is 5.75 Å². The first-order valence-electron chi connectivity index (χ1n) is 4.57. The van der Waals surface area contributed by atoms with Gasteiger partial charge in [-0.1, -0.05) is 35.3 Å². The normalized spacial score (nSPS) is 19.9. The van der Waals surface area contributed by atoms with Crippen molar-refractivity contribution in [3.8, 4) is 5.75 Å². The van der Waals surface area contributed by atoms with Crippen molar-refractivity contribution < 1.29 is 14.3 Å². The fourth-order valence-electron chi connectivity index (χ4n) is 1.29. The Morgan fingerprint density at radius 1 is 1.38 bits per heavy atom. The minimum absolute atomic E-state index is 0.0770. The lowest BCUT2D eigenvalue weighted by molar-refractivity contribution is -0.148. The molecular weight excluding hydrogens is 251 g/mol. The summed E-state index contributed by atoms with van der Waals surface area (Å²) in [6.07, 6.45) is -0.941. The second-order valence-electron chi connectivity index (χ2n) is 3.33. The van der Waals surface area contributed by atoms with Crippen molar-refractivity contribution in [3.63, 3.8) is 0 Å². The van der Waals surface area contributed by atoms with Crippen LogP contribution in [0.15, 0.2) is 34.3 Å². The molecule has 1 aliphatic rings. The average Bonchev–Trinajstić information content (AvgIpc) is 2.47. The Hall–Kier alpha value is -1.19. The Labute approximate surface area is 103 Å². The van der Waals surface area contributed by atoms with Gasteiger partial charge in [0.15, 0.2) is 0 Å². The molecule has 1 aromatic carbocycles. The van der Waals surface area contributed by atoms with Crippen LogP contribution >= 0.6 is 23.2 Å². The Kier molecular flexibility index (Phi) is 3.08. The summed E-state index contributed by atoms with van der Waals surface area (Å²) in [6, 6.07) is 7.32. The molecular formula is C11H8Cl2O3. The Balaban J connectivity index is 2.16. The summed E-state index contributed by atoms with van der Waals surface area (Å²) in [5.41, 5.74) is 1.04. The quantitative estimate of drug-likeness (QED) is 0.766. The van der Waals surface area contributed by atoms with Gasteiger partial charge in [-0.3, -0.25) is 0 Å². The van der Waals surface area contributed by atoms with Crippen LogP contribution in [0.2, 0.25) is 0 Å². The van der Waals surface area contributed by atoms with Gasteiger partial charge in [0.2, 0.25) is 0 Å². The molecule has 84 valence electrons. The second kappa shape index (κ2) is 4.36. The van der Waals surface area contributed by atoms with Crippen molar-refractivity contribution in [2.75, 3.05) is 0 Å². The molecule has 1 atom stereocenters. The highest BCUT2D eigenvalue weighted by Crippen LogP contribution is 2.30. The summed E-state index contributed by atoms with van der Waals surface area (Å²) in [4.78, 5) is 11.1. The van der Waals surface area contributed by atoms with E-state index in [0.29, 0.717) is 5.75 Å². The largest absolute Gasteiger partial charge is 0.450 e. The maximum atomic E-state index is 11.1. The van der Waals surface area contributed by atoms with Crippen LogP contribution in [0.3, 0.4) is 0 Å². The van der Waals surface area contributed by atoms with Gasteiger partial charge in [-0.25, -0.2) is 4.79 Å². The van der Waals surface area contributed by atoms with E-state index in [2.05, 4.69) is 0 Å². The Morgan fingerprint density at radius 2 is 2.12 bits per heavy atom. The molecule has 3 nitrogen and oxygen atoms in total. The third-order valence-electron chi connectivity index (χ3n) is 2.04.